The number of furan rings is 1. The van der Waals surface area contributed by atoms with Crippen LogP contribution in [0.2, 0.25) is 0 Å². The van der Waals surface area contributed by atoms with Crippen molar-refractivity contribution in [2.24, 2.45) is 35.5 Å². The van der Waals surface area contributed by atoms with Crippen LogP contribution in [0, 0.1) is 35.5 Å². The number of fused-ring (bicyclic) bond motifs is 14. The van der Waals surface area contributed by atoms with Crippen LogP contribution >= 0.6 is 0 Å². The van der Waals surface area contributed by atoms with Gasteiger partial charge >= 0.3 is 0 Å². The van der Waals surface area contributed by atoms with Crippen molar-refractivity contribution in [1.29, 1.82) is 0 Å². The molecule has 7 aromatic rings. The zero-order valence-corrected chi connectivity index (χ0v) is 31.3. The average Bonchev–Trinajstić information content (AvgIpc) is 4.04. The monoisotopic (exact) mass is 711 g/mol. The minimum atomic E-state index is 0.162. The minimum Gasteiger partial charge on any atom is -0.456 e. The first kappa shape index (κ1) is 30.2. The van der Waals surface area contributed by atoms with Crippen LogP contribution in [-0.2, 0) is 10.8 Å². The lowest BCUT2D eigenvalue weighted by molar-refractivity contribution is -0.0399. The van der Waals surface area contributed by atoms with Crippen LogP contribution in [0.25, 0.3) is 44.2 Å². The molecule has 2 heteroatoms. The Labute approximate surface area is 323 Å². The van der Waals surface area contributed by atoms with Crippen LogP contribution < -0.4 is 4.90 Å². The van der Waals surface area contributed by atoms with E-state index >= 15 is 0 Å². The molecule has 6 saturated carbocycles. The summed E-state index contributed by atoms with van der Waals surface area (Å²) in [5.41, 5.74) is 18.1. The first-order chi connectivity index (χ1) is 27.2. The third kappa shape index (κ3) is 3.64. The zero-order chi connectivity index (χ0) is 35.6. The van der Waals surface area contributed by atoms with Crippen LogP contribution in [0.3, 0.4) is 0 Å². The predicted molar refractivity (Wildman–Crippen MR) is 223 cm³/mol. The van der Waals surface area contributed by atoms with Crippen LogP contribution in [-0.4, -0.2) is 0 Å². The maximum atomic E-state index is 6.55. The molecule has 1 aromatic heterocycles. The normalized spacial score (nSPS) is 31.1. The molecule has 0 N–H and O–H groups in total. The van der Waals surface area contributed by atoms with Crippen molar-refractivity contribution in [3.63, 3.8) is 0 Å². The number of nitrogens with zero attached hydrogens (tertiary/aromatic N) is 1. The van der Waals surface area contributed by atoms with Crippen molar-refractivity contribution in [2.75, 3.05) is 4.90 Å². The SMILES string of the molecule is c1ccc2c(c1)-c1cc(N(c3ccc4c(c3)-c3ccccc3C43C4CC5CC(C4)CC3C5)c3cccc4oc5ccccc5c34)ccc1C21CC2CCC1C2. The van der Waals surface area contributed by atoms with E-state index < -0.39 is 0 Å². The van der Waals surface area contributed by atoms with Gasteiger partial charge in [-0.05, 0) is 174 Å². The van der Waals surface area contributed by atoms with Crippen molar-refractivity contribution in [3.8, 4) is 22.3 Å². The van der Waals surface area contributed by atoms with Gasteiger partial charge in [-0.3, -0.25) is 0 Å². The van der Waals surface area contributed by atoms with E-state index in [0.29, 0.717) is 0 Å². The Bertz CT molecular complexity index is 2760. The molecule has 0 saturated heterocycles. The summed E-state index contributed by atoms with van der Waals surface area (Å²) in [4.78, 5) is 2.57. The smallest absolute Gasteiger partial charge is 0.137 e. The van der Waals surface area contributed by atoms with Gasteiger partial charge in [0.1, 0.15) is 11.2 Å². The third-order valence-electron chi connectivity index (χ3n) is 16.7. The van der Waals surface area contributed by atoms with Gasteiger partial charge in [0.25, 0.3) is 0 Å². The fourth-order valence-electron chi connectivity index (χ4n) is 15.2. The highest BCUT2D eigenvalue weighted by Gasteiger charge is 2.62. The van der Waals surface area contributed by atoms with Crippen molar-refractivity contribution >= 4 is 39.0 Å². The summed E-state index contributed by atoms with van der Waals surface area (Å²) in [6.45, 7) is 0. The van der Waals surface area contributed by atoms with E-state index in [4.69, 9.17) is 4.42 Å². The van der Waals surface area contributed by atoms with Crippen molar-refractivity contribution in [1.82, 2.24) is 0 Å². The zero-order valence-electron chi connectivity index (χ0n) is 31.3. The molecule has 3 unspecified atom stereocenters. The van der Waals surface area contributed by atoms with E-state index in [1.54, 1.807) is 22.3 Å². The molecular formula is C53H45NO. The Morgan fingerprint density at radius 2 is 1.07 bits per heavy atom. The number of hydrogen-bond acceptors (Lipinski definition) is 2. The molecule has 6 fully saturated rings. The lowest BCUT2D eigenvalue weighted by Crippen LogP contribution is -2.55. The largest absolute Gasteiger partial charge is 0.456 e. The number of para-hydroxylation sites is 1. The number of anilines is 3. The molecule has 0 amide bonds. The Balaban J connectivity index is 1.01. The molecule has 2 spiro atoms. The first-order valence-corrected chi connectivity index (χ1v) is 21.4. The van der Waals surface area contributed by atoms with E-state index in [1.165, 1.54) is 108 Å². The van der Waals surface area contributed by atoms with E-state index in [1.807, 2.05) is 0 Å². The van der Waals surface area contributed by atoms with E-state index in [9.17, 15) is 0 Å². The highest BCUT2D eigenvalue weighted by atomic mass is 16.3. The molecule has 6 bridgehead atoms. The Kier molecular flexibility index (Phi) is 5.71. The van der Waals surface area contributed by atoms with Gasteiger partial charge in [-0.15, -0.1) is 0 Å². The molecule has 8 aliphatic carbocycles. The first-order valence-electron chi connectivity index (χ1n) is 21.4. The number of benzene rings is 6. The second-order valence-electron chi connectivity index (χ2n) is 18.9. The van der Waals surface area contributed by atoms with Gasteiger partial charge in [-0.1, -0.05) is 91.3 Å². The molecule has 0 radical (unpaired) electrons. The summed E-state index contributed by atoms with van der Waals surface area (Å²) in [5.74, 6) is 5.00. The molecule has 6 aromatic carbocycles. The van der Waals surface area contributed by atoms with Gasteiger partial charge in [0, 0.05) is 27.6 Å². The van der Waals surface area contributed by atoms with Crippen LogP contribution in [0.5, 0.6) is 0 Å². The average molecular weight is 712 g/mol. The highest BCUT2D eigenvalue weighted by Crippen LogP contribution is 2.70. The van der Waals surface area contributed by atoms with E-state index in [-0.39, 0.29) is 10.8 Å². The Morgan fingerprint density at radius 1 is 0.473 bits per heavy atom. The van der Waals surface area contributed by atoms with Gasteiger partial charge in [0.05, 0.1) is 11.1 Å². The van der Waals surface area contributed by atoms with Crippen molar-refractivity contribution in [2.45, 2.75) is 68.6 Å². The molecule has 3 atom stereocenters. The number of hydrogen-bond donors (Lipinski definition) is 0. The summed E-state index contributed by atoms with van der Waals surface area (Å²) < 4.78 is 6.55. The van der Waals surface area contributed by atoms with Gasteiger partial charge < -0.3 is 9.32 Å². The summed E-state index contributed by atoms with van der Waals surface area (Å²) in [7, 11) is 0. The summed E-state index contributed by atoms with van der Waals surface area (Å²) in [5, 5.41) is 2.35. The lowest BCUT2D eigenvalue weighted by Gasteiger charge is -2.61. The van der Waals surface area contributed by atoms with Gasteiger partial charge in [-0.2, -0.15) is 0 Å². The Morgan fingerprint density at radius 3 is 1.82 bits per heavy atom. The van der Waals surface area contributed by atoms with Gasteiger partial charge in [0.15, 0.2) is 0 Å². The van der Waals surface area contributed by atoms with Gasteiger partial charge in [-0.25, -0.2) is 0 Å². The standard InChI is InChI=1S/C53H45NO/c1-4-11-44-39(8-1)42-28-37(18-20-45(42)52(44)30-31-16-17-34(52)23-31)54(48-13-7-15-50-51(48)41-10-3-6-14-49(41)55-50)38-19-21-47-43(29-38)40-9-2-5-12-46(40)53(47)35-24-32-22-33(26-35)27-36(53)25-32/h1-15,18-21,28-29,31-36H,16-17,22-27,30H2. The Hall–Kier alpha value is -5.08. The second-order valence-corrected chi connectivity index (χ2v) is 18.9. The summed E-state index contributed by atoms with van der Waals surface area (Å²) in [6, 6.07) is 49.4. The fourth-order valence-corrected chi connectivity index (χ4v) is 15.2. The molecule has 2 nitrogen and oxygen atoms in total. The van der Waals surface area contributed by atoms with Crippen molar-refractivity contribution in [3.05, 3.63) is 150 Å². The maximum Gasteiger partial charge on any atom is 0.137 e. The molecule has 55 heavy (non-hydrogen) atoms. The quantitative estimate of drug-likeness (QED) is 0.181. The predicted octanol–water partition coefficient (Wildman–Crippen LogP) is 13.9. The summed E-state index contributed by atoms with van der Waals surface area (Å²) >= 11 is 0. The van der Waals surface area contributed by atoms with Crippen LogP contribution in [0.4, 0.5) is 17.1 Å². The van der Waals surface area contributed by atoms with Crippen LogP contribution in [0.1, 0.15) is 80.0 Å². The topological polar surface area (TPSA) is 16.4 Å². The molecule has 268 valence electrons. The highest BCUT2D eigenvalue weighted by molar-refractivity contribution is 6.13. The molecule has 1 heterocycles. The fraction of sp³-hybridized carbons (Fsp3) is 0.321. The number of rotatable bonds is 3. The van der Waals surface area contributed by atoms with E-state index in [0.717, 1.165) is 46.7 Å². The minimum absolute atomic E-state index is 0.162. The second kappa shape index (κ2) is 10.4. The molecule has 0 aliphatic heterocycles. The molecule has 8 aliphatic rings. The van der Waals surface area contributed by atoms with Crippen LogP contribution in [0.15, 0.2) is 132 Å². The molecule has 15 rings (SSSR count). The lowest BCUT2D eigenvalue weighted by atomic mass is 9.43. The van der Waals surface area contributed by atoms with E-state index in [2.05, 4.69) is 132 Å². The van der Waals surface area contributed by atoms with Gasteiger partial charge in [0.2, 0.25) is 0 Å². The third-order valence-corrected chi connectivity index (χ3v) is 16.7. The maximum absolute atomic E-state index is 6.55. The van der Waals surface area contributed by atoms with Crippen molar-refractivity contribution < 1.29 is 4.42 Å². The summed E-state index contributed by atoms with van der Waals surface area (Å²) in [6.07, 6.45) is 12.6. The molecular weight excluding hydrogens is 667 g/mol.